The zero-order chi connectivity index (χ0) is 18.7. The average molecular weight is 351 g/mol. The number of carbonyl (C=O) groups is 2. The van der Waals surface area contributed by atoms with Gasteiger partial charge in [-0.25, -0.2) is 9.18 Å². The molecule has 1 atom stereocenters. The van der Waals surface area contributed by atoms with Crippen molar-refractivity contribution in [3.05, 3.63) is 77.6 Å². The highest BCUT2D eigenvalue weighted by Crippen LogP contribution is 2.19. The summed E-state index contributed by atoms with van der Waals surface area (Å²) in [5.74, 6) is -1.70. The Bertz CT molecular complexity index is 984. The van der Waals surface area contributed by atoms with E-state index < -0.39 is 23.8 Å². The highest BCUT2D eigenvalue weighted by atomic mass is 19.1. The van der Waals surface area contributed by atoms with Crippen LogP contribution >= 0.6 is 0 Å². The van der Waals surface area contributed by atoms with Gasteiger partial charge < -0.3 is 10.1 Å². The monoisotopic (exact) mass is 351 g/mol. The van der Waals surface area contributed by atoms with Gasteiger partial charge in [0.25, 0.3) is 5.91 Å². The molecule has 1 amide bonds. The number of carbonyl (C=O) groups excluding carboxylic acids is 2. The third-order valence-electron chi connectivity index (χ3n) is 4.08. The van der Waals surface area contributed by atoms with E-state index in [1.165, 1.54) is 19.1 Å². The first-order chi connectivity index (χ1) is 12.4. The van der Waals surface area contributed by atoms with E-state index in [2.05, 4.69) is 5.32 Å². The molecular weight excluding hydrogens is 333 g/mol. The van der Waals surface area contributed by atoms with E-state index in [1.807, 2.05) is 36.4 Å². The van der Waals surface area contributed by atoms with Crippen LogP contribution in [0.4, 0.5) is 10.1 Å². The lowest BCUT2D eigenvalue weighted by Gasteiger charge is -2.14. The van der Waals surface area contributed by atoms with Crippen molar-refractivity contribution in [1.82, 2.24) is 0 Å². The van der Waals surface area contributed by atoms with Crippen LogP contribution in [-0.4, -0.2) is 18.0 Å². The van der Waals surface area contributed by atoms with Crippen molar-refractivity contribution in [2.45, 2.75) is 20.0 Å². The number of aryl methyl sites for hydroxylation is 1. The summed E-state index contributed by atoms with van der Waals surface area (Å²) >= 11 is 0. The number of benzene rings is 3. The number of nitrogens with one attached hydrogen (secondary N) is 1. The molecule has 3 aromatic rings. The van der Waals surface area contributed by atoms with E-state index in [1.54, 1.807) is 13.0 Å². The van der Waals surface area contributed by atoms with Gasteiger partial charge in [0.1, 0.15) is 5.82 Å². The van der Waals surface area contributed by atoms with Gasteiger partial charge in [-0.3, -0.25) is 4.79 Å². The molecule has 0 aromatic heterocycles. The fourth-order valence-corrected chi connectivity index (χ4v) is 2.51. The molecule has 0 aliphatic carbocycles. The second kappa shape index (κ2) is 7.35. The molecule has 0 saturated heterocycles. The predicted molar refractivity (Wildman–Crippen MR) is 98.6 cm³/mol. The number of esters is 1. The van der Waals surface area contributed by atoms with E-state index in [-0.39, 0.29) is 5.56 Å². The van der Waals surface area contributed by atoms with Gasteiger partial charge in [-0.05, 0) is 54.4 Å². The van der Waals surface area contributed by atoms with E-state index in [0.29, 0.717) is 11.3 Å². The van der Waals surface area contributed by atoms with Crippen molar-refractivity contribution >= 4 is 28.3 Å². The molecule has 3 aromatic carbocycles. The van der Waals surface area contributed by atoms with Gasteiger partial charge in [0.05, 0.1) is 5.56 Å². The summed E-state index contributed by atoms with van der Waals surface area (Å²) in [5.41, 5.74) is 1.11. The largest absolute Gasteiger partial charge is 0.449 e. The van der Waals surface area contributed by atoms with Crippen molar-refractivity contribution in [1.29, 1.82) is 0 Å². The van der Waals surface area contributed by atoms with Gasteiger partial charge >= 0.3 is 5.97 Å². The number of hydrogen-bond acceptors (Lipinski definition) is 3. The summed E-state index contributed by atoms with van der Waals surface area (Å²) in [5, 5.41) is 4.77. The molecule has 3 rings (SSSR count). The van der Waals surface area contributed by atoms with Gasteiger partial charge in [-0.1, -0.05) is 36.4 Å². The zero-order valence-electron chi connectivity index (χ0n) is 14.5. The van der Waals surface area contributed by atoms with Crippen LogP contribution in [0.15, 0.2) is 60.7 Å². The molecule has 0 spiro atoms. The molecule has 26 heavy (non-hydrogen) atoms. The molecule has 1 unspecified atom stereocenters. The van der Waals surface area contributed by atoms with Crippen LogP contribution in [0.5, 0.6) is 0 Å². The predicted octanol–water partition coefficient (Wildman–Crippen LogP) is 4.47. The number of anilines is 1. The lowest BCUT2D eigenvalue weighted by Crippen LogP contribution is -2.30. The number of hydrogen-bond donors (Lipinski definition) is 1. The van der Waals surface area contributed by atoms with Crippen LogP contribution < -0.4 is 5.32 Å². The normalized spacial score (nSPS) is 11.8. The highest BCUT2D eigenvalue weighted by Gasteiger charge is 2.19. The Morgan fingerprint density at radius 1 is 1.00 bits per heavy atom. The quantitative estimate of drug-likeness (QED) is 0.706. The smallest absolute Gasteiger partial charge is 0.339 e. The van der Waals surface area contributed by atoms with Crippen molar-refractivity contribution in [3.63, 3.8) is 0 Å². The van der Waals surface area contributed by atoms with E-state index in [9.17, 15) is 14.0 Å². The molecule has 1 N–H and O–H groups in total. The lowest BCUT2D eigenvalue weighted by molar-refractivity contribution is -0.123. The molecule has 0 heterocycles. The maximum absolute atomic E-state index is 13.6. The van der Waals surface area contributed by atoms with Crippen LogP contribution in [0.1, 0.15) is 22.8 Å². The average Bonchev–Trinajstić information content (AvgIpc) is 2.63. The number of fused-ring (bicyclic) bond motifs is 1. The van der Waals surface area contributed by atoms with Crippen LogP contribution in [0.25, 0.3) is 10.8 Å². The Balaban J connectivity index is 1.66. The summed E-state index contributed by atoms with van der Waals surface area (Å²) in [6, 6.07) is 17.4. The van der Waals surface area contributed by atoms with Crippen molar-refractivity contribution in [2.24, 2.45) is 0 Å². The minimum atomic E-state index is -1.02. The third-order valence-corrected chi connectivity index (χ3v) is 4.08. The Morgan fingerprint density at radius 3 is 2.46 bits per heavy atom. The molecule has 0 fully saturated rings. The van der Waals surface area contributed by atoms with Gasteiger partial charge in [0.2, 0.25) is 0 Å². The molecule has 0 aliphatic rings. The Hall–Kier alpha value is -3.21. The third kappa shape index (κ3) is 3.88. The molecule has 0 saturated carbocycles. The maximum Gasteiger partial charge on any atom is 0.339 e. The number of amides is 1. The number of halogens is 1. The molecular formula is C21H18FNO3. The standard InChI is InChI=1S/C21H18FNO3/c1-13-7-8-17(12-19(13)22)21(25)26-14(2)20(24)23-18-10-9-15-5-3-4-6-16(15)11-18/h3-12,14H,1-2H3,(H,23,24). The minimum Gasteiger partial charge on any atom is -0.449 e. The molecule has 4 nitrogen and oxygen atoms in total. The maximum atomic E-state index is 13.6. The topological polar surface area (TPSA) is 55.4 Å². The molecule has 5 heteroatoms. The summed E-state index contributed by atoms with van der Waals surface area (Å²) in [7, 11) is 0. The van der Waals surface area contributed by atoms with Crippen molar-refractivity contribution in [3.8, 4) is 0 Å². The van der Waals surface area contributed by atoms with E-state index >= 15 is 0 Å². The SMILES string of the molecule is Cc1ccc(C(=O)OC(C)C(=O)Nc2ccc3ccccc3c2)cc1F. The van der Waals surface area contributed by atoms with Gasteiger partial charge in [-0.2, -0.15) is 0 Å². The number of ether oxygens (including phenoxy) is 1. The Kier molecular flexibility index (Phi) is 4.98. The van der Waals surface area contributed by atoms with Crippen molar-refractivity contribution in [2.75, 3.05) is 5.32 Å². The highest BCUT2D eigenvalue weighted by molar-refractivity contribution is 5.98. The second-order valence-corrected chi connectivity index (χ2v) is 6.06. The fraction of sp³-hybridized carbons (Fsp3) is 0.143. The molecule has 0 radical (unpaired) electrons. The second-order valence-electron chi connectivity index (χ2n) is 6.06. The lowest BCUT2D eigenvalue weighted by atomic mass is 10.1. The van der Waals surface area contributed by atoms with Crippen LogP contribution in [-0.2, 0) is 9.53 Å². The molecule has 0 aliphatic heterocycles. The van der Waals surface area contributed by atoms with Crippen molar-refractivity contribution < 1.29 is 18.7 Å². The first-order valence-corrected chi connectivity index (χ1v) is 8.21. The molecule has 0 bridgehead atoms. The fourth-order valence-electron chi connectivity index (χ4n) is 2.51. The van der Waals surface area contributed by atoms with Gasteiger partial charge in [-0.15, -0.1) is 0 Å². The summed E-state index contributed by atoms with van der Waals surface area (Å²) in [6.45, 7) is 3.07. The van der Waals surface area contributed by atoms with Gasteiger partial charge in [0.15, 0.2) is 6.10 Å². The summed E-state index contributed by atoms with van der Waals surface area (Å²) < 4.78 is 18.7. The van der Waals surface area contributed by atoms with Crippen LogP contribution in [0, 0.1) is 12.7 Å². The summed E-state index contributed by atoms with van der Waals surface area (Å²) in [6.07, 6.45) is -1.02. The number of rotatable bonds is 4. The zero-order valence-corrected chi connectivity index (χ0v) is 14.5. The van der Waals surface area contributed by atoms with E-state index in [0.717, 1.165) is 16.8 Å². The van der Waals surface area contributed by atoms with Gasteiger partial charge in [0, 0.05) is 5.69 Å². The first-order valence-electron chi connectivity index (χ1n) is 8.21. The van der Waals surface area contributed by atoms with Crippen LogP contribution in [0.3, 0.4) is 0 Å². The van der Waals surface area contributed by atoms with E-state index in [4.69, 9.17) is 4.74 Å². The van der Waals surface area contributed by atoms with Crippen LogP contribution in [0.2, 0.25) is 0 Å². The molecule has 132 valence electrons. The Morgan fingerprint density at radius 2 is 1.73 bits per heavy atom. The summed E-state index contributed by atoms with van der Waals surface area (Å²) in [4.78, 5) is 24.4. The minimum absolute atomic E-state index is 0.0680. The Labute approximate surface area is 150 Å². The first kappa shape index (κ1) is 17.6.